The maximum Gasteiger partial charge on any atom is 0.274 e. The lowest BCUT2D eigenvalue weighted by Gasteiger charge is -2.25. The zero-order valence-corrected chi connectivity index (χ0v) is 17.4. The van der Waals surface area contributed by atoms with Gasteiger partial charge in [-0.25, -0.2) is 18.1 Å². The van der Waals surface area contributed by atoms with Crippen molar-refractivity contribution in [2.75, 3.05) is 12.4 Å². The Balaban J connectivity index is 1.70. The number of hydrogen-bond donors (Lipinski definition) is 2. The molecule has 2 aromatic heterocycles. The molecule has 0 unspecified atom stereocenters. The van der Waals surface area contributed by atoms with E-state index in [4.69, 9.17) is 0 Å². The van der Waals surface area contributed by atoms with E-state index in [0.29, 0.717) is 12.0 Å². The first-order valence-corrected chi connectivity index (χ1v) is 11.3. The molecular formula is C20H25N5O3S. The normalized spacial score (nSPS) is 15.7. The first-order valence-electron chi connectivity index (χ1n) is 9.79. The van der Waals surface area contributed by atoms with Crippen molar-refractivity contribution >= 4 is 32.9 Å². The number of fused-ring (bicyclic) bond motifs is 1. The third-order valence-corrected chi connectivity index (χ3v) is 6.93. The molecule has 9 heteroatoms. The fourth-order valence-corrected chi connectivity index (χ4v) is 4.83. The Morgan fingerprint density at radius 2 is 1.90 bits per heavy atom. The van der Waals surface area contributed by atoms with E-state index in [1.54, 1.807) is 7.05 Å². The molecule has 154 valence electrons. The fraction of sp³-hybridized carbons (Fsp3) is 0.400. The molecule has 0 bridgehead atoms. The summed E-state index contributed by atoms with van der Waals surface area (Å²) in [5.74, 6) is 0.111. The first kappa shape index (κ1) is 19.7. The molecule has 3 aromatic rings. The summed E-state index contributed by atoms with van der Waals surface area (Å²) in [5, 5.41) is 2.91. The van der Waals surface area contributed by atoms with Crippen molar-refractivity contribution in [3.05, 3.63) is 42.2 Å². The van der Waals surface area contributed by atoms with Crippen LogP contribution in [0.1, 0.15) is 48.6 Å². The molecule has 1 aliphatic rings. The van der Waals surface area contributed by atoms with Gasteiger partial charge in [-0.15, -0.1) is 0 Å². The zero-order valence-electron chi connectivity index (χ0n) is 16.6. The van der Waals surface area contributed by atoms with E-state index in [9.17, 15) is 13.2 Å². The van der Waals surface area contributed by atoms with Gasteiger partial charge in [0.2, 0.25) is 16.0 Å². The Hall–Kier alpha value is -2.65. The average molecular weight is 416 g/mol. The van der Waals surface area contributed by atoms with Gasteiger partial charge >= 0.3 is 0 Å². The van der Waals surface area contributed by atoms with Crippen LogP contribution in [0.4, 0.5) is 5.95 Å². The minimum atomic E-state index is -3.62. The summed E-state index contributed by atoms with van der Waals surface area (Å²) in [5.41, 5.74) is 2.08. The number of carbonyl (C=O) groups is 1. The molecule has 0 atom stereocenters. The predicted octanol–water partition coefficient (Wildman–Crippen LogP) is 3.04. The molecule has 0 aliphatic heterocycles. The lowest BCUT2D eigenvalue weighted by atomic mass is 9.95. The topological polar surface area (TPSA) is 98.0 Å². The largest absolute Gasteiger partial charge is 0.345 e. The number of nitrogens with one attached hydrogen (secondary N) is 2. The Bertz CT molecular complexity index is 1160. The van der Waals surface area contributed by atoms with Gasteiger partial charge in [0.25, 0.3) is 5.91 Å². The molecule has 1 fully saturated rings. The highest BCUT2D eigenvalue weighted by molar-refractivity contribution is 7.89. The van der Waals surface area contributed by atoms with Crippen LogP contribution in [0.2, 0.25) is 0 Å². The second-order valence-corrected chi connectivity index (χ2v) is 9.31. The smallest absolute Gasteiger partial charge is 0.274 e. The van der Waals surface area contributed by atoms with E-state index < -0.39 is 15.9 Å². The van der Waals surface area contributed by atoms with Crippen LogP contribution in [0.25, 0.3) is 11.0 Å². The van der Waals surface area contributed by atoms with E-state index in [2.05, 4.69) is 19.6 Å². The number of anilines is 1. The van der Waals surface area contributed by atoms with Gasteiger partial charge in [-0.05, 0) is 38.1 Å². The third kappa shape index (κ3) is 3.67. The first-order chi connectivity index (χ1) is 13.9. The highest BCUT2D eigenvalue weighted by Gasteiger charge is 2.24. The zero-order chi connectivity index (χ0) is 20.6. The number of amides is 1. The van der Waals surface area contributed by atoms with E-state index in [0.717, 1.165) is 36.7 Å². The Morgan fingerprint density at radius 3 is 2.62 bits per heavy atom. The highest BCUT2D eigenvalue weighted by Crippen LogP contribution is 2.34. The Kier molecular flexibility index (Phi) is 5.18. The summed E-state index contributed by atoms with van der Waals surface area (Å²) < 4.78 is 30.0. The molecule has 4 rings (SSSR count). The summed E-state index contributed by atoms with van der Waals surface area (Å²) >= 11 is 0. The van der Waals surface area contributed by atoms with Gasteiger partial charge in [-0.3, -0.25) is 10.1 Å². The van der Waals surface area contributed by atoms with Gasteiger partial charge in [0.05, 0.1) is 11.0 Å². The van der Waals surface area contributed by atoms with Gasteiger partial charge in [-0.1, -0.05) is 31.4 Å². The molecular weight excluding hydrogens is 390 g/mol. The molecule has 0 radical (unpaired) electrons. The second kappa shape index (κ2) is 7.64. The number of carbonyl (C=O) groups excluding carboxylic acids is 1. The molecule has 8 nitrogen and oxygen atoms in total. The van der Waals surface area contributed by atoms with Crippen LogP contribution in [-0.2, 0) is 17.1 Å². The second-order valence-electron chi connectivity index (χ2n) is 7.42. The maximum absolute atomic E-state index is 13.0. The van der Waals surface area contributed by atoms with Crippen molar-refractivity contribution in [3.8, 4) is 0 Å². The minimum absolute atomic E-state index is 0.0495. The van der Waals surface area contributed by atoms with Crippen molar-refractivity contribution in [2.24, 2.45) is 7.05 Å². The van der Waals surface area contributed by atoms with Crippen LogP contribution >= 0.6 is 0 Å². The summed E-state index contributed by atoms with van der Waals surface area (Å²) in [6.07, 6.45) is 7.08. The number of nitrogens with zero attached hydrogens (tertiary/aromatic N) is 3. The number of aryl methyl sites for hydroxylation is 1. The molecule has 2 N–H and O–H groups in total. The van der Waals surface area contributed by atoms with Crippen molar-refractivity contribution in [1.82, 2.24) is 18.8 Å². The van der Waals surface area contributed by atoms with Crippen LogP contribution in [0, 0.1) is 0 Å². The minimum Gasteiger partial charge on any atom is -0.345 e. The summed E-state index contributed by atoms with van der Waals surface area (Å²) in [7, 11) is -0.635. The number of imidazole rings is 1. The van der Waals surface area contributed by atoms with E-state index in [1.165, 1.54) is 30.3 Å². The summed E-state index contributed by atoms with van der Waals surface area (Å²) in [6, 6.07) is 9.52. The monoisotopic (exact) mass is 415 g/mol. The van der Waals surface area contributed by atoms with Crippen LogP contribution in [-0.4, -0.2) is 35.5 Å². The summed E-state index contributed by atoms with van der Waals surface area (Å²) in [4.78, 5) is 17.7. The standard InChI is InChI=1S/C20H25N5O3S/c1-21-29(27,28)15-12-18(24(2)13-15)19(26)23-20-22-16-10-6-7-11-17(16)25(20)14-8-4-3-5-9-14/h6-7,10-14,21H,3-5,8-9H2,1-2H3,(H,22,23,26). The fourth-order valence-electron chi connectivity index (χ4n) is 4.03. The lowest BCUT2D eigenvalue weighted by molar-refractivity contribution is 0.101. The van der Waals surface area contributed by atoms with Crippen molar-refractivity contribution in [2.45, 2.75) is 43.0 Å². The Labute approximate surface area is 170 Å². The van der Waals surface area contributed by atoms with Crippen molar-refractivity contribution < 1.29 is 13.2 Å². The van der Waals surface area contributed by atoms with Gasteiger partial charge in [-0.2, -0.15) is 0 Å². The van der Waals surface area contributed by atoms with Crippen LogP contribution in [0.15, 0.2) is 41.4 Å². The molecule has 0 saturated heterocycles. The van der Waals surface area contributed by atoms with Crippen molar-refractivity contribution in [3.63, 3.8) is 0 Å². The Morgan fingerprint density at radius 1 is 1.17 bits per heavy atom. The quantitative estimate of drug-likeness (QED) is 0.669. The van der Waals surface area contributed by atoms with Gasteiger partial charge in [0.1, 0.15) is 10.6 Å². The third-order valence-electron chi connectivity index (χ3n) is 5.55. The van der Waals surface area contributed by atoms with Gasteiger partial charge in [0, 0.05) is 19.3 Å². The van der Waals surface area contributed by atoms with Crippen molar-refractivity contribution in [1.29, 1.82) is 0 Å². The number of aromatic nitrogens is 3. The van der Waals surface area contributed by atoms with Crippen LogP contribution < -0.4 is 10.0 Å². The van der Waals surface area contributed by atoms with Gasteiger partial charge in [0.15, 0.2) is 0 Å². The predicted molar refractivity (Wildman–Crippen MR) is 111 cm³/mol. The van der Waals surface area contributed by atoms with Crippen LogP contribution in [0.3, 0.4) is 0 Å². The van der Waals surface area contributed by atoms with E-state index in [1.807, 2.05) is 24.3 Å². The van der Waals surface area contributed by atoms with Gasteiger partial charge < -0.3 is 9.13 Å². The van der Waals surface area contributed by atoms with E-state index in [-0.39, 0.29) is 10.6 Å². The molecule has 1 aliphatic carbocycles. The summed E-state index contributed by atoms with van der Waals surface area (Å²) in [6.45, 7) is 0. The molecule has 1 amide bonds. The number of rotatable bonds is 5. The molecule has 0 spiro atoms. The molecule has 29 heavy (non-hydrogen) atoms. The molecule has 1 saturated carbocycles. The SMILES string of the molecule is CNS(=O)(=O)c1cc(C(=O)Nc2nc3ccccc3n2C2CCCCC2)n(C)c1. The maximum atomic E-state index is 13.0. The lowest BCUT2D eigenvalue weighted by Crippen LogP contribution is -2.21. The number of hydrogen-bond acceptors (Lipinski definition) is 4. The average Bonchev–Trinajstić information content (AvgIpc) is 3.29. The van der Waals surface area contributed by atoms with E-state index >= 15 is 0 Å². The number of benzene rings is 1. The molecule has 2 heterocycles. The highest BCUT2D eigenvalue weighted by atomic mass is 32.2. The number of sulfonamides is 1. The number of para-hydroxylation sites is 2. The molecule has 1 aromatic carbocycles. The van der Waals surface area contributed by atoms with Crippen LogP contribution in [0.5, 0.6) is 0 Å².